The highest BCUT2D eigenvalue weighted by molar-refractivity contribution is 6.08. The molecule has 2 aliphatic heterocycles. The number of fused-ring (bicyclic) bond motifs is 1. The van der Waals surface area contributed by atoms with Crippen molar-refractivity contribution in [1.29, 1.82) is 0 Å². The molecule has 0 bridgehead atoms. The molecule has 3 heterocycles. The van der Waals surface area contributed by atoms with Crippen LogP contribution in [0.2, 0.25) is 0 Å². The maximum Gasteiger partial charge on any atom is 0.305 e. The van der Waals surface area contributed by atoms with E-state index in [1.807, 2.05) is 36.4 Å². The Kier molecular flexibility index (Phi) is 10.7. The van der Waals surface area contributed by atoms with E-state index in [0.29, 0.717) is 48.4 Å². The van der Waals surface area contributed by atoms with Gasteiger partial charge in [0.05, 0.1) is 37.4 Å². The van der Waals surface area contributed by atoms with E-state index in [9.17, 15) is 29.4 Å². The first kappa shape index (κ1) is 34.5. The molecule has 2 unspecified atom stereocenters. The van der Waals surface area contributed by atoms with Crippen molar-refractivity contribution in [1.82, 2.24) is 15.0 Å². The van der Waals surface area contributed by atoms with Gasteiger partial charge in [-0.15, -0.1) is 5.10 Å². The van der Waals surface area contributed by atoms with Crippen molar-refractivity contribution in [2.45, 2.75) is 70.2 Å². The van der Waals surface area contributed by atoms with Gasteiger partial charge in [-0.3, -0.25) is 28.8 Å². The van der Waals surface area contributed by atoms with Crippen LogP contribution in [0.5, 0.6) is 0 Å². The Morgan fingerprint density at radius 2 is 1.90 bits per heavy atom. The van der Waals surface area contributed by atoms with Crippen molar-refractivity contribution in [2.75, 3.05) is 30.1 Å². The van der Waals surface area contributed by atoms with E-state index in [-0.39, 0.29) is 43.8 Å². The molecule has 1 aromatic heterocycles. The lowest BCUT2D eigenvalue weighted by atomic mass is 9.82. The number of hydrogen-bond donors (Lipinski definition) is 2. The van der Waals surface area contributed by atoms with Gasteiger partial charge < -0.3 is 24.6 Å². The lowest BCUT2D eigenvalue weighted by molar-refractivity contribution is -0.154. The topological polar surface area (TPSA) is 164 Å². The van der Waals surface area contributed by atoms with Crippen LogP contribution in [0, 0.1) is 5.92 Å². The molecule has 2 aliphatic rings. The molecule has 2 N–H and O–H groups in total. The molecule has 2 aromatic carbocycles. The van der Waals surface area contributed by atoms with Crippen LogP contribution in [0.3, 0.4) is 0 Å². The Labute approximate surface area is 278 Å². The van der Waals surface area contributed by atoms with Crippen molar-refractivity contribution >= 4 is 35.1 Å². The van der Waals surface area contributed by atoms with Gasteiger partial charge in [-0.25, -0.2) is 0 Å². The second kappa shape index (κ2) is 14.9. The Morgan fingerprint density at radius 1 is 1.12 bits per heavy atom. The maximum atomic E-state index is 14.0. The highest BCUT2D eigenvalue weighted by atomic mass is 16.6. The Hall–Kier alpha value is -4.88. The molecule has 2 amide bonds. The van der Waals surface area contributed by atoms with E-state index in [1.165, 1.54) is 23.8 Å². The molecule has 3 aromatic rings. The van der Waals surface area contributed by atoms with Crippen LogP contribution < -0.4 is 9.80 Å². The summed E-state index contributed by atoms with van der Waals surface area (Å²) in [5.74, 6) is -2.56. The molecule has 0 radical (unpaired) electrons. The second-order valence-corrected chi connectivity index (χ2v) is 12.0. The maximum absolute atomic E-state index is 14.0. The molecule has 4 atom stereocenters. The monoisotopic (exact) mass is 659 g/mol. The van der Waals surface area contributed by atoms with Crippen LogP contribution in [0.4, 0.5) is 11.4 Å². The van der Waals surface area contributed by atoms with Crippen molar-refractivity contribution in [3.05, 3.63) is 83.7 Å². The first-order valence-electron chi connectivity index (χ1n) is 16.1. The predicted octanol–water partition coefficient (Wildman–Crippen LogP) is 3.19. The van der Waals surface area contributed by atoms with Gasteiger partial charge in [0.2, 0.25) is 5.91 Å². The van der Waals surface area contributed by atoms with E-state index in [4.69, 9.17) is 9.47 Å². The summed E-state index contributed by atoms with van der Waals surface area (Å²) in [5, 5.41) is 30.6. The normalized spacial score (nSPS) is 20.1. The van der Waals surface area contributed by atoms with Crippen LogP contribution in [-0.2, 0) is 40.8 Å². The average molecular weight is 660 g/mol. The summed E-state index contributed by atoms with van der Waals surface area (Å²) >= 11 is 0. The molecule has 0 saturated carbocycles. The van der Waals surface area contributed by atoms with Crippen molar-refractivity contribution < 1.29 is 38.9 Å². The first-order chi connectivity index (χ1) is 23.1. The lowest BCUT2D eigenvalue weighted by Gasteiger charge is -2.39. The summed E-state index contributed by atoms with van der Waals surface area (Å²) < 4.78 is 11.7. The Balaban J connectivity index is 1.33. The number of unbranched alkanes of at least 4 members (excludes halogenated alkanes) is 1. The zero-order chi connectivity index (χ0) is 34.4. The average Bonchev–Trinajstić information content (AvgIpc) is 3.62. The van der Waals surface area contributed by atoms with Gasteiger partial charge >= 0.3 is 11.9 Å². The quantitative estimate of drug-likeness (QED) is 0.107. The highest BCUT2D eigenvalue weighted by Crippen LogP contribution is 2.47. The Bertz CT molecular complexity index is 1670. The third-order valence-corrected chi connectivity index (χ3v) is 8.89. The van der Waals surface area contributed by atoms with Crippen LogP contribution in [0.15, 0.2) is 66.9 Å². The zero-order valence-electron chi connectivity index (χ0n) is 27.3. The van der Waals surface area contributed by atoms with Crippen molar-refractivity contribution in [3.8, 4) is 0 Å². The molecule has 0 spiro atoms. The molecule has 13 heteroatoms. The van der Waals surface area contributed by atoms with E-state index in [0.717, 1.165) is 5.56 Å². The number of aliphatic hydroxyl groups excluding tert-OH is 1. The minimum Gasteiger partial charge on any atom is -0.469 e. The molecule has 0 aliphatic carbocycles. The number of β-lactam (4-membered cyclic amide) rings is 1. The van der Waals surface area contributed by atoms with Gasteiger partial charge in [0.1, 0.15) is 0 Å². The van der Waals surface area contributed by atoms with E-state index >= 15 is 0 Å². The van der Waals surface area contributed by atoms with Crippen LogP contribution >= 0.6 is 0 Å². The van der Waals surface area contributed by atoms with Crippen LogP contribution in [0.25, 0.3) is 0 Å². The van der Waals surface area contributed by atoms with Crippen LogP contribution in [0.1, 0.15) is 68.7 Å². The van der Waals surface area contributed by atoms with Gasteiger partial charge in [0.25, 0.3) is 5.91 Å². The summed E-state index contributed by atoms with van der Waals surface area (Å²) in [6, 6.07) is 14.6. The Morgan fingerprint density at radius 3 is 2.58 bits per heavy atom. The van der Waals surface area contributed by atoms with Crippen molar-refractivity contribution in [2.24, 2.45) is 5.92 Å². The van der Waals surface area contributed by atoms with Gasteiger partial charge in [-0.2, -0.15) is 0 Å². The zero-order valence-corrected chi connectivity index (χ0v) is 27.3. The smallest absolute Gasteiger partial charge is 0.305 e. The van der Waals surface area contributed by atoms with Gasteiger partial charge in [-0.1, -0.05) is 54.6 Å². The van der Waals surface area contributed by atoms with E-state index < -0.39 is 29.6 Å². The van der Waals surface area contributed by atoms with E-state index in [2.05, 4.69) is 10.3 Å². The number of nitrogens with zero attached hydrogens (tertiary/aromatic N) is 5. The number of allylic oxidation sites excluding steroid dienone is 1. The number of aliphatic hydroxyl groups is 2. The largest absolute Gasteiger partial charge is 0.469 e. The fourth-order valence-electron chi connectivity index (χ4n) is 6.22. The van der Waals surface area contributed by atoms with E-state index in [1.54, 1.807) is 42.1 Å². The summed E-state index contributed by atoms with van der Waals surface area (Å²) in [7, 11) is 1.33. The van der Waals surface area contributed by atoms with Gasteiger partial charge in [0.15, 0.2) is 11.8 Å². The molecule has 5 rings (SSSR count). The fourth-order valence-corrected chi connectivity index (χ4v) is 6.22. The molecular weight excluding hydrogens is 618 g/mol. The van der Waals surface area contributed by atoms with Gasteiger partial charge in [-0.05, 0) is 43.0 Å². The number of anilines is 2. The number of aryl methyl sites for hydroxylation is 1. The fraction of sp³-hybridized carbons (Fsp3) is 0.429. The van der Waals surface area contributed by atoms with Gasteiger partial charge in [0, 0.05) is 49.8 Å². The molecule has 254 valence electrons. The summed E-state index contributed by atoms with van der Waals surface area (Å²) in [4.78, 5) is 52.6. The number of esters is 2. The summed E-state index contributed by atoms with van der Waals surface area (Å²) in [6.07, 6.45) is 6.48. The summed E-state index contributed by atoms with van der Waals surface area (Å²) in [5.41, 5.74) is 0.908. The highest BCUT2D eigenvalue weighted by Gasteiger charge is 2.53. The number of ether oxygens (including phenoxy) is 2. The number of carbonyl (C=O) groups excluding carboxylic acids is 4. The number of rotatable bonds is 15. The third-order valence-electron chi connectivity index (χ3n) is 8.89. The first-order valence-corrected chi connectivity index (χ1v) is 16.1. The standard InChI is InChI=1S/C35H41N5O8/c1-23(11-7-9-17-38-21-29(36-37-38)27(22-41)25-12-5-4-6-13-25)35(46)28-19-26(40-31(43)20-32(40)48-24(2)42)15-16-30(28)39(34(35)45)18-10-8-14-33(44)47-3/h4-7,11-13,15-16,19,21,23,27,32,41,46H,8-10,14,17-18,20,22H2,1-3H3/b11-7+/t23-,27?,32?,35+/m0/s1. The second-order valence-electron chi connectivity index (χ2n) is 12.0. The number of aromatic nitrogens is 3. The van der Waals surface area contributed by atoms with Crippen LogP contribution in [-0.4, -0.2) is 75.4 Å². The number of methoxy groups -OCH3 is 1. The number of carbonyl (C=O) groups is 4. The number of benzene rings is 2. The lowest BCUT2D eigenvalue weighted by Crippen LogP contribution is -2.55. The minimum absolute atomic E-state index is 0.0471. The molecule has 1 saturated heterocycles. The SMILES string of the molecule is COC(=O)CCCCN1C(=O)[C@@](O)([C@@H](C)/C=C/CCn2cc(C(CO)c3ccccc3)nn2)c2cc(N3C(=O)CC3OC(C)=O)ccc21. The number of hydrogen-bond acceptors (Lipinski definition) is 10. The third kappa shape index (κ3) is 7.02. The number of amides is 2. The van der Waals surface area contributed by atoms with Crippen molar-refractivity contribution in [3.63, 3.8) is 0 Å². The molecule has 48 heavy (non-hydrogen) atoms. The molecule has 1 fully saturated rings. The minimum atomic E-state index is -1.94. The summed E-state index contributed by atoms with van der Waals surface area (Å²) in [6.45, 7) is 3.67. The molecule has 13 nitrogen and oxygen atoms in total. The molecular formula is C35H41N5O8. The predicted molar refractivity (Wildman–Crippen MR) is 175 cm³/mol.